The molecule has 1 atom stereocenters. The molecule has 0 aromatic heterocycles. The fourth-order valence-corrected chi connectivity index (χ4v) is 3.05. The van der Waals surface area contributed by atoms with Gasteiger partial charge in [-0.2, -0.15) is 11.8 Å². The summed E-state index contributed by atoms with van der Waals surface area (Å²) in [6.45, 7) is 2.10. The van der Waals surface area contributed by atoms with Gasteiger partial charge in [-0.1, -0.05) is 6.92 Å². The molecule has 0 heterocycles. The number of nitrogens with one attached hydrogen (secondary N) is 1. The summed E-state index contributed by atoms with van der Waals surface area (Å²) >= 11 is 1.82. The predicted octanol–water partition coefficient (Wildman–Crippen LogP) is 1.22. The maximum atomic E-state index is 11.3. The lowest BCUT2D eigenvalue weighted by Crippen LogP contribution is -2.30. The van der Waals surface area contributed by atoms with Crippen molar-refractivity contribution in [1.82, 2.24) is 5.43 Å². The third-order valence-corrected chi connectivity index (χ3v) is 4.90. The number of carbonyl (C=O) groups is 2. The molecule has 1 aliphatic rings. The van der Waals surface area contributed by atoms with Crippen LogP contribution in [0.1, 0.15) is 39.0 Å². The largest absolute Gasteiger partial charge is 0.469 e. The van der Waals surface area contributed by atoms with E-state index in [0.717, 1.165) is 25.0 Å². The Morgan fingerprint density at radius 1 is 1.50 bits per heavy atom. The molecule has 1 fully saturated rings. The molecule has 1 aliphatic carbocycles. The SMILES string of the molecule is COC(=O)CC1(CSC(C)CCC(=O)NN)CC1. The number of nitrogens with two attached hydrogens (primary N) is 1. The zero-order chi connectivity index (χ0) is 13.6. The average Bonchev–Trinajstić information content (AvgIpc) is 3.13. The van der Waals surface area contributed by atoms with E-state index >= 15 is 0 Å². The highest BCUT2D eigenvalue weighted by atomic mass is 32.2. The Bertz CT molecular complexity index is 306. The molecule has 1 saturated carbocycles. The minimum absolute atomic E-state index is 0.122. The number of thioether (sulfide) groups is 1. The predicted molar refractivity (Wildman–Crippen MR) is 71.8 cm³/mol. The summed E-state index contributed by atoms with van der Waals surface area (Å²) in [7, 11) is 1.43. The Morgan fingerprint density at radius 3 is 2.67 bits per heavy atom. The van der Waals surface area contributed by atoms with Crippen LogP contribution in [0.3, 0.4) is 0 Å². The highest BCUT2D eigenvalue weighted by molar-refractivity contribution is 7.99. The van der Waals surface area contributed by atoms with Crippen LogP contribution >= 0.6 is 11.8 Å². The molecule has 1 unspecified atom stereocenters. The first-order valence-electron chi connectivity index (χ1n) is 6.19. The lowest BCUT2D eigenvalue weighted by Gasteiger charge is -2.16. The monoisotopic (exact) mass is 274 g/mol. The molecule has 0 radical (unpaired) electrons. The topological polar surface area (TPSA) is 81.4 Å². The van der Waals surface area contributed by atoms with Crippen LogP contribution in [0.25, 0.3) is 0 Å². The molecule has 0 aromatic carbocycles. The summed E-state index contributed by atoms with van der Waals surface area (Å²) in [5, 5.41) is 0.400. The number of carbonyl (C=O) groups excluding carboxylic acids is 2. The Kier molecular flexibility index (Phi) is 5.95. The van der Waals surface area contributed by atoms with Crippen LogP contribution in [-0.4, -0.2) is 30.0 Å². The number of rotatable bonds is 8. The van der Waals surface area contributed by atoms with E-state index in [2.05, 4.69) is 12.3 Å². The zero-order valence-electron chi connectivity index (χ0n) is 11.0. The van der Waals surface area contributed by atoms with Crippen molar-refractivity contribution in [2.24, 2.45) is 11.3 Å². The first-order chi connectivity index (χ1) is 8.51. The molecule has 18 heavy (non-hydrogen) atoms. The second-order valence-corrected chi connectivity index (χ2v) is 6.41. The maximum Gasteiger partial charge on any atom is 0.306 e. The molecular weight excluding hydrogens is 252 g/mol. The van der Waals surface area contributed by atoms with Crippen molar-refractivity contribution in [1.29, 1.82) is 0 Å². The van der Waals surface area contributed by atoms with Gasteiger partial charge in [0.05, 0.1) is 13.5 Å². The quantitative estimate of drug-likeness (QED) is 0.301. The van der Waals surface area contributed by atoms with Crippen molar-refractivity contribution in [2.45, 2.75) is 44.3 Å². The van der Waals surface area contributed by atoms with Gasteiger partial charge in [0, 0.05) is 11.7 Å². The zero-order valence-corrected chi connectivity index (χ0v) is 11.8. The third kappa shape index (κ3) is 5.27. The molecule has 6 heteroatoms. The van der Waals surface area contributed by atoms with Crippen LogP contribution in [0.15, 0.2) is 0 Å². The average molecular weight is 274 g/mol. The summed E-state index contributed by atoms with van der Waals surface area (Å²) in [5.74, 6) is 5.74. The fourth-order valence-electron chi connectivity index (χ4n) is 1.74. The normalized spacial score (nSPS) is 17.9. The van der Waals surface area contributed by atoms with Gasteiger partial charge in [0.25, 0.3) is 0 Å². The minimum Gasteiger partial charge on any atom is -0.469 e. The van der Waals surface area contributed by atoms with E-state index in [0.29, 0.717) is 18.1 Å². The van der Waals surface area contributed by atoms with Crippen molar-refractivity contribution in [2.75, 3.05) is 12.9 Å². The number of hydrogen-bond donors (Lipinski definition) is 2. The first-order valence-corrected chi connectivity index (χ1v) is 7.24. The molecule has 104 valence electrons. The molecule has 5 nitrogen and oxygen atoms in total. The van der Waals surface area contributed by atoms with E-state index in [-0.39, 0.29) is 17.3 Å². The van der Waals surface area contributed by atoms with Crippen molar-refractivity contribution in [3.8, 4) is 0 Å². The Labute approximate surface area is 112 Å². The molecular formula is C12H22N2O3S. The van der Waals surface area contributed by atoms with E-state index in [4.69, 9.17) is 10.6 Å². The molecule has 0 spiro atoms. The lowest BCUT2D eigenvalue weighted by atomic mass is 10.1. The summed E-state index contributed by atoms with van der Waals surface area (Å²) in [4.78, 5) is 22.3. The highest BCUT2D eigenvalue weighted by Gasteiger charge is 2.44. The van der Waals surface area contributed by atoms with Crippen molar-refractivity contribution < 1.29 is 14.3 Å². The van der Waals surface area contributed by atoms with Crippen molar-refractivity contribution in [3.05, 3.63) is 0 Å². The van der Waals surface area contributed by atoms with Gasteiger partial charge >= 0.3 is 5.97 Å². The van der Waals surface area contributed by atoms with Gasteiger partial charge in [-0.3, -0.25) is 15.0 Å². The van der Waals surface area contributed by atoms with Gasteiger partial charge in [0.1, 0.15) is 0 Å². The number of ether oxygens (including phenoxy) is 1. The van der Waals surface area contributed by atoms with Crippen LogP contribution in [-0.2, 0) is 14.3 Å². The van der Waals surface area contributed by atoms with Gasteiger partial charge in [0.2, 0.25) is 5.91 Å². The number of esters is 1. The van der Waals surface area contributed by atoms with Gasteiger partial charge in [-0.25, -0.2) is 5.84 Å². The Hall–Kier alpha value is -0.750. The third-order valence-electron chi connectivity index (χ3n) is 3.32. The Balaban J connectivity index is 2.19. The number of amides is 1. The number of hydrogen-bond acceptors (Lipinski definition) is 5. The van der Waals surface area contributed by atoms with E-state index in [9.17, 15) is 9.59 Å². The van der Waals surface area contributed by atoms with Crippen LogP contribution in [0.2, 0.25) is 0 Å². The van der Waals surface area contributed by atoms with Gasteiger partial charge < -0.3 is 4.74 Å². The van der Waals surface area contributed by atoms with Gasteiger partial charge in [0.15, 0.2) is 0 Å². The number of hydrazine groups is 1. The van der Waals surface area contributed by atoms with Crippen molar-refractivity contribution >= 4 is 23.6 Å². The molecule has 3 N–H and O–H groups in total. The highest BCUT2D eigenvalue weighted by Crippen LogP contribution is 2.51. The van der Waals surface area contributed by atoms with Gasteiger partial charge in [-0.05, 0) is 30.4 Å². The van der Waals surface area contributed by atoms with E-state index < -0.39 is 0 Å². The van der Waals surface area contributed by atoms with E-state index in [1.807, 2.05) is 11.8 Å². The maximum absolute atomic E-state index is 11.3. The lowest BCUT2D eigenvalue weighted by molar-refractivity contribution is -0.141. The minimum atomic E-state index is -0.127. The summed E-state index contributed by atoms with van der Waals surface area (Å²) in [6.07, 6.45) is 3.99. The molecule has 0 aromatic rings. The van der Waals surface area contributed by atoms with Crippen LogP contribution < -0.4 is 11.3 Å². The Morgan fingerprint density at radius 2 is 2.17 bits per heavy atom. The molecule has 0 bridgehead atoms. The van der Waals surface area contributed by atoms with E-state index in [1.54, 1.807) is 0 Å². The second-order valence-electron chi connectivity index (χ2n) is 4.98. The van der Waals surface area contributed by atoms with Crippen molar-refractivity contribution in [3.63, 3.8) is 0 Å². The van der Waals surface area contributed by atoms with Crippen LogP contribution in [0, 0.1) is 5.41 Å². The summed E-state index contributed by atoms with van der Waals surface area (Å²) in [6, 6.07) is 0. The fraction of sp³-hybridized carbons (Fsp3) is 0.833. The summed E-state index contributed by atoms with van der Waals surface area (Å²) in [5.41, 5.74) is 2.28. The first kappa shape index (κ1) is 15.3. The van der Waals surface area contributed by atoms with Crippen LogP contribution in [0.5, 0.6) is 0 Å². The van der Waals surface area contributed by atoms with E-state index in [1.165, 1.54) is 7.11 Å². The van der Waals surface area contributed by atoms with Crippen LogP contribution in [0.4, 0.5) is 0 Å². The molecule has 1 rings (SSSR count). The summed E-state index contributed by atoms with van der Waals surface area (Å²) < 4.78 is 4.71. The second kappa shape index (κ2) is 6.99. The number of methoxy groups -OCH3 is 1. The molecule has 0 aliphatic heterocycles. The molecule has 1 amide bonds. The smallest absolute Gasteiger partial charge is 0.306 e. The molecule has 0 saturated heterocycles. The van der Waals surface area contributed by atoms with Gasteiger partial charge in [-0.15, -0.1) is 0 Å². The standard InChI is InChI=1S/C12H22N2O3S/c1-9(3-4-10(15)14-13)18-8-12(5-6-12)7-11(16)17-2/h9H,3-8,13H2,1-2H3,(H,14,15).